The number of nitrogens with zero attached hydrogens (tertiary/aromatic N) is 1. The van der Waals surface area contributed by atoms with Crippen LogP contribution in [-0.2, 0) is 0 Å². The molecule has 0 aliphatic carbocycles. The number of halogens is 1. The van der Waals surface area contributed by atoms with E-state index in [1.807, 2.05) is 0 Å². The number of aromatic carboxylic acids is 1. The summed E-state index contributed by atoms with van der Waals surface area (Å²) in [7, 11) is 0. The number of carbonyl (C=O) groups is 2. The number of anilines is 1. The Morgan fingerprint density at radius 1 is 1.35 bits per heavy atom. The van der Waals surface area contributed by atoms with Crippen LogP contribution < -0.4 is 5.32 Å². The van der Waals surface area contributed by atoms with E-state index >= 15 is 0 Å². The number of aromatic amines is 2. The van der Waals surface area contributed by atoms with E-state index in [2.05, 4.69) is 36.4 Å². The lowest BCUT2D eigenvalue weighted by Gasteiger charge is -1.97. The summed E-state index contributed by atoms with van der Waals surface area (Å²) >= 11 is 3.20. The van der Waals surface area contributed by atoms with Gasteiger partial charge in [0.2, 0.25) is 0 Å². The van der Waals surface area contributed by atoms with Crippen LogP contribution in [0.1, 0.15) is 21.0 Å². The molecule has 8 heteroatoms. The second kappa shape index (κ2) is 4.42. The molecular formula is C9H7BrN4O3. The second-order valence-corrected chi connectivity index (χ2v) is 4.07. The smallest absolute Gasteiger partial charge is 0.353 e. The van der Waals surface area contributed by atoms with Gasteiger partial charge in [0, 0.05) is 16.7 Å². The van der Waals surface area contributed by atoms with Crippen LogP contribution in [0.4, 0.5) is 5.82 Å². The van der Waals surface area contributed by atoms with Gasteiger partial charge in [-0.15, -0.1) is 0 Å². The topological polar surface area (TPSA) is 111 Å². The van der Waals surface area contributed by atoms with Crippen molar-refractivity contribution in [3.63, 3.8) is 0 Å². The number of amides is 1. The minimum Gasteiger partial charge on any atom is -0.477 e. The van der Waals surface area contributed by atoms with Crippen molar-refractivity contribution in [2.45, 2.75) is 0 Å². The van der Waals surface area contributed by atoms with Gasteiger partial charge in [-0.2, -0.15) is 5.10 Å². The first-order valence-electron chi connectivity index (χ1n) is 4.50. The summed E-state index contributed by atoms with van der Waals surface area (Å²) in [4.78, 5) is 25.0. The van der Waals surface area contributed by atoms with Gasteiger partial charge in [0.05, 0.1) is 0 Å². The molecule has 7 nitrogen and oxygen atoms in total. The highest BCUT2D eigenvalue weighted by Crippen LogP contribution is 2.12. The molecule has 0 atom stereocenters. The lowest BCUT2D eigenvalue weighted by Crippen LogP contribution is -2.12. The molecule has 0 radical (unpaired) electrons. The Balaban J connectivity index is 2.10. The van der Waals surface area contributed by atoms with Crippen LogP contribution in [0.2, 0.25) is 0 Å². The number of hydrogen-bond acceptors (Lipinski definition) is 3. The fraction of sp³-hybridized carbons (Fsp3) is 0. The van der Waals surface area contributed by atoms with Crippen LogP contribution in [0, 0.1) is 0 Å². The quantitative estimate of drug-likeness (QED) is 0.687. The number of H-pyrrole nitrogens is 2. The number of nitrogens with one attached hydrogen (secondary N) is 3. The van der Waals surface area contributed by atoms with E-state index in [0.29, 0.717) is 5.69 Å². The molecule has 2 aromatic rings. The Hall–Kier alpha value is -2.09. The maximum absolute atomic E-state index is 11.6. The minimum absolute atomic E-state index is 0.0898. The molecule has 2 rings (SSSR count). The van der Waals surface area contributed by atoms with Crippen molar-refractivity contribution >= 4 is 33.6 Å². The first-order valence-corrected chi connectivity index (χ1v) is 5.29. The summed E-state index contributed by atoms with van der Waals surface area (Å²) in [6.07, 6.45) is 1.61. The Bertz CT molecular complexity index is 574. The minimum atomic E-state index is -1.14. The van der Waals surface area contributed by atoms with Crippen LogP contribution >= 0.6 is 15.9 Å². The molecule has 1 amide bonds. The Kier molecular flexibility index (Phi) is 2.96. The lowest BCUT2D eigenvalue weighted by molar-refractivity contribution is 0.0690. The third-order valence-corrected chi connectivity index (χ3v) is 2.40. The maximum atomic E-state index is 11.6. The second-order valence-electron chi connectivity index (χ2n) is 3.16. The summed E-state index contributed by atoms with van der Waals surface area (Å²) in [5.74, 6) is -1.39. The van der Waals surface area contributed by atoms with E-state index in [1.54, 1.807) is 12.3 Å². The van der Waals surface area contributed by atoms with Crippen LogP contribution in [0.3, 0.4) is 0 Å². The van der Waals surface area contributed by atoms with Crippen molar-refractivity contribution in [3.8, 4) is 0 Å². The summed E-state index contributed by atoms with van der Waals surface area (Å²) < 4.78 is 0.746. The molecule has 2 heterocycles. The van der Waals surface area contributed by atoms with Gasteiger partial charge in [-0.1, -0.05) is 0 Å². The van der Waals surface area contributed by atoms with E-state index in [9.17, 15) is 9.59 Å². The fourth-order valence-corrected chi connectivity index (χ4v) is 1.52. The zero-order valence-corrected chi connectivity index (χ0v) is 9.91. The van der Waals surface area contributed by atoms with Crippen molar-refractivity contribution in [2.75, 3.05) is 5.32 Å². The number of hydrogen-bond donors (Lipinski definition) is 4. The van der Waals surface area contributed by atoms with Crippen molar-refractivity contribution in [3.05, 3.63) is 34.2 Å². The predicted octanol–water partition coefficient (Wildman–Crippen LogP) is 1.45. The van der Waals surface area contributed by atoms with Gasteiger partial charge in [-0.25, -0.2) is 4.79 Å². The molecule has 17 heavy (non-hydrogen) atoms. The number of rotatable bonds is 3. The Labute approximate surface area is 103 Å². The van der Waals surface area contributed by atoms with Crippen LogP contribution in [0.25, 0.3) is 0 Å². The third kappa shape index (κ3) is 2.53. The maximum Gasteiger partial charge on any atom is 0.353 e. The molecule has 0 aliphatic heterocycles. The highest BCUT2D eigenvalue weighted by atomic mass is 79.9. The van der Waals surface area contributed by atoms with Crippen molar-refractivity contribution in [1.82, 2.24) is 15.2 Å². The summed E-state index contributed by atoms with van der Waals surface area (Å²) in [5, 5.41) is 17.0. The van der Waals surface area contributed by atoms with Gasteiger partial charge in [0.1, 0.15) is 11.4 Å². The Morgan fingerprint density at radius 3 is 2.65 bits per heavy atom. The molecular weight excluding hydrogens is 292 g/mol. The fourth-order valence-electron chi connectivity index (χ4n) is 1.18. The predicted molar refractivity (Wildman–Crippen MR) is 62.0 cm³/mol. The van der Waals surface area contributed by atoms with Gasteiger partial charge in [-0.05, 0) is 22.0 Å². The van der Waals surface area contributed by atoms with Crippen LogP contribution in [-0.4, -0.2) is 32.2 Å². The van der Waals surface area contributed by atoms with Gasteiger partial charge in [0.15, 0.2) is 5.82 Å². The SMILES string of the molecule is O=C(O)c1cc(NC(=O)c2cc(Br)c[nH]2)n[nH]1. The molecule has 0 aromatic carbocycles. The van der Waals surface area contributed by atoms with Crippen molar-refractivity contribution in [2.24, 2.45) is 0 Å². The number of carboxylic acid groups (broad SMARTS) is 1. The standard InChI is InChI=1S/C9H7BrN4O3/c10-4-1-5(11-3-4)8(15)12-7-2-6(9(16)17)13-14-7/h1-3,11H,(H,16,17)(H2,12,13,14,15). The largest absolute Gasteiger partial charge is 0.477 e. The normalized spacial score (nSPS) is 10.2. The third-order valence-electron chi connectivity index (χ3n) is 1.94. The number of aromatic nitrogens is 3. The Morgan fingerprint density at radius 2 is 2.12 bits per heavy atom. The molecule has 0 aliphatic rings. The van der Waals surface area contributed by atoms with Gasteiger partial charge >= 0.3 is 5.97 Å². The number of carboxylic acids is 1. The van der Waals surface area contributed by atoms with Gasteiger partial charge in [-0.3, -0.25) is 9.89 Å². The summed E-state index contributed by atoms with van der Waals surface area (Å²) in [6.45, 7) is 0. The van der Waals surface area contributed by atoms with E-state index in [4.69, 9.17) is 5.11 Å². The van der Waals surface area contributed by atoms with Crippen LogP contribution in [0.15, 0.2) is 22.8 Å². The highest BCUT2D eigenvalue weighted by Gasteiger charge is 2.12. The lowest BCUT2D eigenvalue weighted by atomic mass is 10.4. The first kappa shape index (κ1) is 11.4. The molecule has 0 bridgehead atoms. The summed E-state index contributed by atoms with van der Waals surface area (Å²) in [6, 6.07) is 2.83. The number of carbonyl (C=O) groups excluding carboxylic acids is 1. The zero-order valence-electron chi connectivity index (χ0n) is 8.32. The molecule has 0 saturated heterocycles. The van der Waals surface area contributed by atoms with Crippen molar-refractivity contribution in [1.29, 1.82) is 0 Å². The molecule has 2 aromatic heterocycles. The molecule has 88 valence electrons. The van der Waals surface area contributed by atoms with Gasteiger partial charge < -0.3 is 15.4 Å². The molecule has 4 N–H and O–H groups in total. The zero-order chi connectivity index (χ0) is 12.4. The molecule has 0 unspecified atom stereocenters. The van der Waals surface area contributed by atoms with Crippen LogP contribution in [0.5, 0.6) is 0 Å². The average molecular weight is 299 g/mol. The molecule has 0 fully saturated rings. The van der Waals surface area contributed by atoms with Crippen molar-refractivity contribution < 1.29 is 14.7 Å². The van der Waals surface area contributed by atoms with E-state index < -0.39 is 11.9 Å². The molecule has 0 spiro atoms. The molecule has 0 saturated carbocycles. The monoisotopic (exact) mass is 298 g/mol. The average Bonchev–Trinajstić information content (AvgIpc) is 2.86. The first-order chi connectivity index (χ1) is 8.06. The van der Waals surface area contributed by atoms with Gasteiger partial charge in [0.25, 0.3) is 5.91 Å². The van der Waals surface area contributed by atoms with E-state index in [-0.39, 0.29) is 11.5 Å². The van der Waals surface area contributed by atoms with E-state index in [0.717, 1.165) is 4.47 Å². The summed E-state index contributed by atoms with van der Waals surface area (Å²) in [5.41, 5.74) is 0.254. The van der Waals surface area contributed by atoms with E-state index in [1.165, 1.54) is 6.07 Å². The highest BCUT2D eigenvalue weighted by molar-refractivity contribution is 9.10.